The van der Waals surface area contributed by atoms with Crippen LogP contribution in [-0.4, -0.2) is 49.3 Å². The molecule has 3 heteroatoms. The van der Waals surface area contributed by atoms with Crippen LogP contribution in [0.25, 0.3) is 0 Å². The lowest BCUT2D eigenvalue weighted by Crippen LogP contribution is -2.51. The van der Waals surface area contributed by atoms with Gasteiger partial charge in [-0.1, -0.05) is 27.2 Å². The number of morpholine rings is 1. The quantitative estimate of drug-likeness (QED) is 0.751. The molecule has 2 atom stereocenters. The Morgan fingerprint density at radius 3 is 2.75 bits per heavy atom. The van der Waals surface area contributed by atoms with E-state index >= 15 is 0 Å². The van der Waals surface area contributed by atoms with Crippen LogP contribution in [0.4, 0.5) is 0 Å². The molecule has 1 rings (SSSR count). The van der Waals surface area contributed by atoms with E-state index in [1.807, 2.05) is 0 Å². The predicted octanol–water partition coefficient (Wildman–Crippen LogP) is 1.87. The minimum Gasteiger partial charge on any atom is -0.376 e. The van der Waals surface area contributed by atoms with Crippen LogP contribution in [0.1, 0.15) is 40.5 Å². The fraction of sp³-hybridized carbons (Fsp3) is 1.00. The molecule has 1 N–H and O–H groups in total. The molecule has 3 nitrogen and oxygen atoms in total. The van der Waals surface area contributed by atoms with Gasteiger partial charge in [0.1, 0.15) is 0 Å². The van der Waals surface area contributed by atoms with E-state index in [0.717, 1.165) is 26.2 Å². The molecule has 0 spiro atoms. The molecule has 0 aromatic heterocycles. The van der Waals surface area contributed by atoms with E-state index < -0.39 is 0 Å². The fourth-order valence-electron chi connectivity index (χ4n) is 2.30. The molecule has 0 bridgehead atoms. The molecule has 1 fully saturated rings. The smallest absolute Gasteiger partial charge is 0.0674 e. The van der Waals surface area contributed by atoms with Crippen LogP contribution in [0.3, 0.4) is 0 Å². The summed E-state index contributed by atoms with van der Waals surface area (Å²) in [6.07, 6.45) is 2.94. The number of hydrogen-bond acceptors (Lipinski definition) is 3. The van der Waals surface area contributed by atoms with E-state index in [1.165, 1.54) is 12.8 Å². The van der Waals surface area contributed by atoms with Crippen LogP contribution in [0.2, 0.25) is 0 Å². The average molecular weight is 228 g/mol. The second kappa shape index (κ2) is 7.25. The van der Waals surface area contributed by atoms with Crippen LogP contribution in [-0.2, 0) is 4.74 Å². The maximum Gasteiger partial charge on any atom is 0.0674 e. The van der Waals surface area contributed by atoms with Crippen LogP contribution >= 0.6 is 0 Å². The summed E-state index contributed by atoms with van der Waals surface area (Å²) >= 11 is 0. The highest BCUT2D eigenvalue weighted by atomic mass is 16.5. The zero-order valence-corrected chi connectivity index (χ0v) is 11.3. The highest BCUT2D eigenvalue weighted by Crippen LogP contribution is 2.12. The molecule has 1 aliphatic rings. The third-order valence-electron chi connectivity index (χ3n) is 3.17. The van der Waals surface area contributed by atoms with E-state index in [9.17, 15) is 0 Å². The molecule has 96 valence electrons. The normalized spacial score (nSPS) is 24.9. The van der Waals surface area contributed by atoms with Gasteiger partial charge in [0, 0.05) is 31.7 Å². The largest absolute Gasteiger partial charge is 0.376 e. The average Bonchev–Trinajstić information content (AvgIpc) is 2.24. The van der Waals surface area contributed by atoms with E-state index in [-0.39, 0.29) is 0 Å². The first-order chi connectivity index (χ1) is 7.63. The topological polar surface area (TPSA) is 24.5 Å². The van der Waals surface area contributed by atoms with E-state index in [2.05, 4.69) is 37.9 Å². The molecule has 0 aromatic rings. The standard InChI is InChI=1S/C13H28N2O/c1-5-6-13(9-14-11(2)3)15-7-8-16-12(4)10-15/h11-14H,5-10H2,1-4H3. The first-order valence-corrected chi connectivity index (χ1v) is 6.72. The monoisotopic (exact) mass is 228 g/mol. The summed E-state index contributed by atoms with van der Waals surface area (Å²) in [6, 6.07) is 1.26. The summed E-state index contributed by atoms with van der Waals surface area (Å²) in [4.78, 5) is 2.59. The zero-order chi connectivity index (χ0) is 12.0. The minimum absolute atomic E-state index is 0.396. The van der Waals surface area contributed by atoms with Crippen molar-refractivity contribution in [2.24, 2.45) is 0 Å². The number of ether oxygens (including phenoxy) is 1. The van der Waals surface area contributed by atoms with Gasteiger partial charge in [0.15, 0.2) is 0 Å². The maximum absolute atomic E-state index is 5.60. The Labute approximate surface area is 101 Å². The highest BCUT2D eigenvalue weighted by molar-refractivity contribution is 4.78. The number of rotatable bonds is 6. The highest BCUT2D eigenvalue weighted by Gasteiger charge is 2.23. The van der Waals surface area contributed by atoms with Crippen molar-refractivity contribution in [3.63, 3.8) is 0 Å². The second-order valence-corrected chi connectivity index (χ2v) is 5.18. The SMILES string of the molecule is CCCC(CNC(C)C)N1CCOC(C)C1. The molecule has 16 heavy (non-hydrogen) atoms. The van der Waals surface area contributed by atoms with E-state index in [0.29, 0.717) is 18.2 Å². The van der Waals surface area contributed by atoms with Crippen LogP contribution < -0.4 is 5.32 Å². The summed E-state index contributed by atoms with van der Waals surface area (Å²) in [5.41, 5.74) is 0. The molecule has 2 unspecified atom stereocenters. The van der Waals surface area contributed by atoms with Gasteiger partial charge in [-0.15, -0.1) is 0 Å². The molecular formula is C13H28N2O. The van der Waals surface area contributed by atoms with Crippen molar-refractivity contribution < 1.29 is 4.74 Å². The minimum atomic E-state index is 0.396. The Morgan fingerprint density at radius 2 is 2.19 bits per heavy atom. The van der Waals surface area contributed by atoms with Gasteiger partial charge >= 0.3 is 0 Å². The number of nitrogens with one attached hydrogen (secondary N) is 1. The lowest BCUT2D eigenvalue weighted by Gasteiger charge is -2.37. The number of nitrogens with zero attached hydrogens (tertiary/aromatic N) is 1. The van der Waals surface area contributed by atoms with Crippen LogP contribution in [0.5, 0.6) is 0 Å². The lowest BCUT2D eigenvalue weighted by molar-refractivity contribution is -0.0352. The van der Waals surface area contributed by atoms with Gasteiger partial charge in [0.25, 0.3) is 0 Å². The van der Waals surface area contributed by atoms with Crippen LogP contribution in [0.15, 0.2) is 0 Å². The molecular weight excluding hydrogens is 200 g/mol. The fourth-order valence-corrected chi connectivity index (χ4v) is 2.30. The van der Waals surface area contributed by atoms with Crippen LogP contribution in [0, 0.1) is 0 Å². The Balaban J connectivity index is 2.40. The first-order valence-electron chi connectivity index (χ1n) is 6.72. The summed E-state index contributed by atoms with van der Waals surface area (Å²) in [5, 5.41) is 3.56. The summed E-state index contributed by atoms with van der Waals surface area (Å²) < 4.78 is 5.60. The lowest BCUT2D eigenvalue weighted by atomic mass is 10.1. The molecule has 1 heterocycles. The molecule has 0 radical (unpaired) electrons. The molecule has 0 aromatic carbocycles. The van der Waals surface area contributed by atoms with Crippen molar-refractivity contribution in [1.29, 1.82) is 0 Å². The first kappa shape index (κ1) is 13.9. The van der Waals surface area contributed by atoms with Crippen molar-refractivity contribution in [2.45, 2.75) is 58.7 Å². The Morgan fingerprint density at radius 1 is 1.44 bits per heavy atom. The van der Waals surface area contributed by atoms with Crippen molar-refractivity contribution in [3.8, 4) is 0 Å². The molecule has 1 saturated heterocycles. The second-order valence-electron chi connectivity index (χ2n) is 5.18. The van der Waals surface area contributed by atoms with Gasteiger partial charge in [-0.3, -0.25) is 4.90 Å². The van der Waals surface area contributed by atoms with Crippen molar-refractivity contribution >= 4 is 0 Å². The van der Waals surface area contributed by atoms with Gasteiger partial charge in [0.05, 0.1) is 12.7 Å². The third kappa shape index (κ3) is 4.81. The van der Waals surface area contributed by atoms with Gasteiger partial charge < -0.3 is 10.1 Å². The maximum atomic E-state index is 5.60. The number of hydrogen-bond donors (Lipinski definition) is 1. The van der Waals surface area contributed by atoms with Gasteiger partial charge in [-0.25, -0.2) is 0 Å². The van der Waals surface area contributed by atoms with Crippen molar-refractivity contribution in [2.75, 3.05) is 26.2 Å². The molecule has 1 aliphatic heterocycles. The van der Waals surface area contributed by atoms with Crippen molar-refractivity contribution in [3.05, 3.63) is 0 Å². The van der Waals surface area contributed by atoms with Crippen molar-refractivity contribution in [1.82, 2.24) is 10.2 Å². The Hall–Kier alpha value is -0.120. The Bertz CT molecular complexity index is 185. The van der Waals surface area contributed by atoms with E-state index in [1.54, 1.807) is 0 Å². The predicted molar refractivity (Wildman–Crippen MR) is 68.8 cm³/mol. The molecule has 0 aliphatic carbocycles. The zero-order valence-electron chi connectivity index (χ0n) is 11.3. The van der Waals surface area contributed by atoms with Gasteiger partial charge in [-0.2, -0.15) is 0 Å². The summed E-state index contributed by atoms with van der Waals surface area (Å²) in [5.74, 6) is 0. The Kier molecular flexibility index (Phi) is 6.32. The summed E-state index contributed by atoms with van der Waals surface area (Å²) in [6.45, 7) is 13.0. The van der Waals surface area contributed by atoms with Gasteiger partial charge in [0.2, 0.25) is 0 Å². The molecule has 0 saturated carbocycles. The van der Waals surface area contributed by atoms with E-state index in [4.69, 9.17) is 4.74 Å². The summed E-state index contributed by atoms with van der Waals surface area (Å²) in [7, 11) is 0. The third-order valence-corrected chi connectivity index (χ3v) is 3.17. The van der Waals surface area contributed by atoms with Gasteiger partial charge in [-0.05, 0) is 13.3 Å². The molecule has 0 amide bonds.